The third-order valence-corrected chi connectivity index (χ3v) is 8.45. The Morgan fingerprint density at radius 2 is 1.95 bits per heavy atom. The van der Waals surface area contributed by atoms with Crippen molar-refractivity contribution in [1.29, 1.82) is 0 Å². The molecule has 1 aliphatic carbocycles. The molecule has 1 aliphatic heterocycles. The number of nitrogens with zero attached hydrogens (tertiary/aromatic N) is 4. The number of nitrogens with one attached hydrogen (secondary N) is 1. The maximum absolute atomic E-state index is 12.1. The van der Waals surface area contributed by atoms with E-state index in [4.69, 9.17) is 24.9 Å². The van der Waals surface area contributed by atoms with Crippen LogP contribution in [-0.4, -0.2) is 44.0 Å². The van der Waals surface area contributed by atoms with Gasteiger partial charge in [0.25, 0.3) is 0 Å². The number of fused-ring (bicyclic) bond motifs is 2. The Kier molecular flexibility index (Phi) is 7.39. The number of alkyl carbamates (subject to hydrolysis) is 1. The number of aryl methyl sites for hydroxylation is 1. The third kappa shape index (κ3) is 6.06. The van der Waals surface area contributed by atoms with Crippen LogP contribution in [-0.2, 0) is 11.3 Å². The van der Waals surface area contributed by atoms with Gasteiger partial charge in [-0.3, -0.25) is 0 Å². The molecule has 3 heterocycles. The summed E-state index contributed by atoms with van der Waals surface area (Å²) in [5, 5.41) is 3.81. The maximum atomic E-state index is 12.1. The van der Waals surface area contributed by atoms with E-state index in [-0.39, 0.29) is 18.9 Å². The molecule has 1 amide bonds. The van der Waals surface area contributed by atoms with E-state index < -0.39 is 5.60 Å². The molecule has 3 N–H and O–H groups in total. The molecule has 3 aromatic rings. The van der Waals surface area contributed by atoms with Crippen LogP contribution in [0.25, 0.3) is 11.2 Å². The van der Waals surface area contributed by atoms with Crippen molar-refractivity contribution in [1.82, 2.24) is 24.8 Å². The first-order chi connectivity index (χ1) is 17.7. The lowest BCUT2D eigenvalue weighted by atomic mass is 9.84. The van der Waals surface area contributed by atoms with E-state index in [1.165, 1.54) is 18.1 Å². The minimum Gasteiger partial charge on any atom is -0.454 e. The molecule has 0 bridgehead atoms. The van der Waals surface area contributed by atoms with Crippen molar-refractivity contribution in [3.63, 3.8) is 0 Å². The fourth-order valence-corrected chi connectivity index (χ4v) is 6.18. The van der Waals surface area contributed by atoms with Gasteiger partial charge in [-0.05, 0) is 86.9 Å². The average Bonchev–Trinajstić information content (AvgIpc) is 3.42. The lowest BCUT2D eigenvalue weighted by Gasteiger charge is -2.30. The van der Waals surface area contributed by atoms with Gasteiger partial charge in [0, 0.05) is 22.0 Å². The Bertz CT molecular complexity index is 1300. The van der Waals surface area contributed by atoms with Crippen LogP contribution >= 0.6 is 27.7 Å². The first-order valence-corrected chi connectivity index (χ1v) is 14.0. The zero-order chi connectivity index (χ0) is 26.2. The molecule has 0 atom stereocenters. The minimum atomic E-state index is -0.492. The summed E-state index contributed by atoms with van der Waals surface area (Å²) >= 11 is 5.17. The zero-order valence-electron chi connectivity index (χ0n) is 21.1. The highest BCUT2D eigenvalue weighted by Crippen LogP contribution is 2.43. The van der Waals surface area contributed by atoms with Crippen LogP contribution in [0.15, 0.2) is 33.0 Å². The lowest BCUT2D eigenvalue weighted by Crippen LogP contribution is -2.41. The number of nitrogens with two attached hydrogens (primary N) is 1. The number of aromatic nitrogens is 4. The summed E-state index contributed by atoms with van der Waals surface area (Å²) in [6.45, 7) is 6.60. The van der Waals surface area contributed by atoms with Crippen LogP contribution in [0.1, 0.15) is 52.9 Å². The number of rotatable bonds is 6. The summed E-state index contributed by atoms with van der Waals surface area (Å²) in [5.74, 6) is 2.34. The predicted octanol–water partition coefficient (Wildman–Crippen LogP) is 5.52. The first-order valence-electron chi connectivity index (χ1n) is 12.4. The van der Waals surface area contributed by atoms with Crippen LogP contribution in [0.2, 0.25) is 0 Å². The maximum Gasteiger partial charge on any atom is 0.407 e. The molecule has 0 saturated heterocycles. The second-order valence-electron chi connectivity index (χ2n) is 10.4. The molecular formula is C25H31BrN6O4S. The van der Waals surface area contributed by atoms with E-state index in [1.807, 2.05) is 32.9 Å². The molecular weight excluding hydrogens is 560 g/mol. The normalized spacial score (nSPS) is 19.2. The molecule has 0 unspecified atom stereocenters. The van der Waals surface area contributed by atoms with E-state index in [0.29, 0.717) is 23.0 Å². The summed E-state index contributed by atoms with van der Waals surface area (Å²) in [6.07, 6.45) is 6.08. The van der Waals surface area contributed by atoms with Gasteiger partial charge in [0.1, 0.15) is 11.9 Å². The van der Waals surface area contributed by atoms with Crippen LogP contribution in [0, 0.1) is 5.92 Å². The highest BCUT2D eigenvalue weighted by Gasteiger charge is 2.26. The summed E-state index contributed by atoms with van der Waals surface area (Å²) in [5.41, 5.74) is 6.98. The topological polar surface area (TPSA) is 126 Å². The van der Waals surface area contributed by atoms with Crippen molar-refractivity contribution in [2.75, 3.05) is 12.5 Å². The van der Waals surface area contributed by atoms with Gasteiger partial charge in [0.05, 0.1) is 0 Å². The van der Waals surface area contributed by atoms with Gasteiger partial charge < -0.3 is 29.8 Å². The molecule has 0 spiro atoms. The Balaban J connectivity index is 1.27. The molecule has 10 nitrogen and oxygen atoms in total. The second-order valence-corrected chi connectivity index (χ2v) is 12.2. The van der Waals surface area contributed by atoms with Crippen molar-refractivity contribution in [2.45, 2.75) is 81.1 Å². The van der Waals surface area contributed by atoms with Gasteiger partial charge in [-0.25, -0.2) is 19.7 Å². The number of benzene rings is 1. The molecule has 2 aromatic heterocycles. The van der Waals surface area contributed by atoms with Crippen LogP contribution in [0.3, 0.4) is 0 Å². The van der Waals surface area contributed by atoms with Gasteiger partial charge in [0.2, 0.25) is 6.79 Å². The standard InChI is InChI=1S/C25H31BrN6O4S/c1-25(2,3)36-24(33)30-15-6-4-14(5-7-15)8-9-32-22-20(21(27)28-12-29-22)31-23(32)37-19-11-18-17(10-16(19)26)34-13-35-18/h10-12,14-15H,4-9,13H2,1-3H3,(H,30,33)(H2,27,28,29)/t14-,15-. The summed E-state index contributed by atoms with van der Waals surface area (Å²) in [4.78, 5) is 26.5. The van der Waals surface area contributed by atoms with Crippen LogP contribution in [0.5, 0.6) is 11.5 Å². The number of carbonyl (C=O) groups is 1. The quantitative estimate of drug-likeness (QED) is 0.381. The fraction of sp³-hybridized carbons (Fsp3) is 0.520. The van der Waals surface area contributed by atoms with E-state index in [0.717, 1.165) is 64.6 Å². The number of ether oxygens (including phenoxy) is 3. The van der Waals surface area contributed by atoms with Crippen LogP contribution in [0.4, 0.5) is 10.6 Å². The smallest absolute Gasteiger partial charge is 0.407 e. The zero-order valence-corrected chi connectivity index (χ0v) is 23.5. The van der Waals surface area contributed by atoms with E-state index in [9.17, 15) is 4.79 Å². The Labute approximate surface area is 228 Å². The van der Waals surface area contributed by atoms with Crippen molar-refractivity contribution in [2.24, 2.45) is 5.92 Å². The number of hydrogen-bond acceptors (Lipinski definition) is 9. The SMILES string of the molecule is CC(C)(C)OC(=O)N[C@H]1CC[C@H](CCn2c(Sc3cc4c(cc3Br)OCO4)nc3c(N)ncnc32)CC1. The molecule has 0 radical (unpaired) electrons. The van der Waals surface area contributed by atoms with Crippen LogP contribution < -0.4 is 20.5 Å². The minimum absolute atomic E-state index is 0.155. The fourth-order valence-electron chi connectivity index (χ4n) is 4.67. The monoisotopic (exact) mass is 590 g/mol. The Morgan fingerprint density at radius 1 is 1.22 bits per heavy atom. The Hall–Kier alpha value is -2.73. The highest BCUT2D eigenvalue weighted by atomic mass is 79.9. The van der Waals surface area contributed by atoms with E-state index in [1.54, 1.807) is 0 Å². The van der Waals surface area contributed by atoms with Crippen molar-refractivity contribution in [3.8, 4) is 11.5 Å². The van der Waals surface area contributed by atoms with Gasteiger partial charge >= 0.3 is 6.09 Å². The lowest BCUT2D eigenvalue weighted by molar-refractivity contribution is 0.0486. The summed E-state index contributed by atoms with van der Waals surface area (Å²) in [7, 11) is 0. The molecule has 2 aliphatic rings. The van der Waals surface area contributed by atoms with Gasteiger partial charge in [-0.1, -0.05) is 11.8 Å². The number of amides is 1. The predicted molar refractivity (Wildman–Crippen MR) is 144 cm³/mol. The van der Waals surface area contributed by atoms with E-state index >= 15 is 0 Å². The van der Waals surface area contributed by atoms with Gasteiger partial charge in [0.15, 0.2) is 33.6 Å². The van der Waals surface area contributed by atoms with Crippen molar-refractivity contribution in [3.05, 3.63) is 22.9 Å². The van der Waals surface area contributed by atoms with Gasteiger partial charge in [-0.2, -0.15) is 0 Å². The molecule has 1 aromatic carbocycles. The largest absolute Gasteiger partial charge is 0.454 e. The van der Waals surface area contributed by atoms with Gasteiger partial charge in [-0.15, -0.1) is 0 Å². The highest BCUT2D eigenvalue weighted by molar-refractivity contribution is 9.10. The number of nitrogen functional groups attached to an aromatic ring is 1. The second kappa shape index (κ2) is 10.6. The molecule has 1 fully saturated rings. The molecule has 198 valence electrons. The van der Waals surface area contributed by atoms with E-state index in [2.05, 4.69) is 35.8 Å². The molecule has 37 heavy (non-hydrogen) atoms. The number of halogens is 1. The summed E-state index contributed by atoms with van der Waals surface area (Å²) < 4.78 is 19.5. The number of imidazole rings is 1. The number of anilines is 1. The van der Waals surface area contributed by atoms with Crippen molar-refractivity contribution >= 4 is 50.8 Å². The number of hydrogen-bond donors (Lipinski definition) is 2. The molecule has 1 saturated carbocycles. The average molecular weight is 592 g/mol. The molecule has 5 rings (SSSR count). The molecule has 12 heteroatoms. The Morgan fingerprint density at radius 3 is 2.68 bits per heavy atom. The van der Waals surface area contributed by atoms with Crippen molar-refractivity contribution < 1.29 is 19.0 Å². The first kappa shape index (κ1) is 25.9. The third-order valence-electron chi connectivity index (χ3n) is 6.48. The summed E-state index contributed by atoms with van der Waals surface area (Å²) in [6, 6.07) is 4.02. The number of carbonyl (C=O) groups excluding carboxylic acids is 1.